The first-order valence-corrected chi connectivity index (χ1v) is 4.63. The van der Waals surface area contributed by atoms with Crippen LogP contribution in [0, 0.1) is 5.41 Å². The zero-order valence-corrected chi connectivity index (χ0v) is 9.39. The Morgan fingerprint density at radius 1 is 1.50 bits per heavy atom. The molecule has 0 saturated heterocycles. The summed E-state index contributed by atoms with van der Waals surface area (Å²) in [6.45, 7) is 11.3. The standard InChI is InChI=1S/C11H19NO2/c1-6-9(14-7-2)8-12-10(13)11(3,4)5/h6-7H,2,8H2,1,3-5H3,(H,12,13)/b9-6-. The van der Waals surface area contributed by atoms with Crippen LogP contribution in [0.4, 0.5) is 0 Å². The van der Waals surface area contributed by atoms with Crippen LogP contribution in [-0.4, -0.2) is 12.5 Å². The van der Waals surface area contributed by atoms with Gasteiger partial charge in [-0.05, 0) is 13.0 Å². The van der Waals surface area contributed by atoms with E-state index >= 15 is 0 Å². The molecule has 1 N–H and O–H groups in total. The second-order valence-corrected chi connectivity index (χ2v) is 3.97. The zero-order chi connectivity index (χ0) is 11.2. The summed E-state index contributed by atoms with van der Waals surface area (Å²) in [6.07, 6.45) is 3.14. The minimum atomic E-state index is -0.368. The fourth-order valence-electron chi connectivity index (χ4n) is 0.751. The summed E-state index contributed by atoms with van der Waals surface area (Å²) < 4.78 is 5.06. The molecule has 0 heterocycles. The average molecular weight is 197 g/mol. The van der Waals surface area contributed by atoms with Crippen molar-refractivity contribution in [2.45, 2.75) is 27.7 Å². The van der Waals surface area contributed by atoms with Crippen LogP contribution in [0.5, 0.6) is 0 Å². The van der Waals surface area contributed by atoms with Crippen molar-refractivity contribution in [2.24, 2.45) is 5.41 Å². The van der Waals surface area contributed by atoms with Gasteiger partial charge in [-0.1, -0.05) is 27.4 Å². The maximum absolute atomic E-state index is 11.5. The van der Waals surface area contributed by atoms with Crippen LogP contribution in [0.15, 0.2) is 24.7 Å². The Kier molecular flexibility index (Phi) is 4.99. The smallest absolute Gasteiger partial charge is 0.225 e. The predicted octanol–water partition coefficient (Wildman–Crippen LogP) is 2.21. The Morgan fingerprint density at radius 2 is 2.07 bits per heavy atom. The molecule has 0 rings (SSSR count). The highest BCUT2D eigenvalue weighted by molar-refractivity contribution is 5.81. The first-order chi connectivity index (χ1) is 6.41. The fourth-order valence-corrected chi connectivity index (χ4v) is 0.751. The first-order valence-electron chi connectivity index (χ1n) is 4.63. The normalized spacial score (nSPS) is 12.1. The minimum Gasteiger partial charge on any atom is -0.468 e. The minimum absolute atomic E-state index is 0.00418. The number of allylic oxidation sites excluding steroid dienone is 1. The Morgan fingerprint density at radius 3 is 2.43 bits per heavy atom. The second-order valence-electron chi connectivity index (χ2n) is 3.97. The molecule has 1 amide bonds. The highest BCUT2D eigenvalue weighted by atomic mass is 16.5. The number of ether oxygens (including phenoxy) is 1. The molecule has 14 heavy (non-hydrogen) atoms. The van der Waals surface area contributed by atoms with Gasteiger partial charge in [0.1, 0.15) is 5.76 Å². The lowest BCUT2D eigenvalue weighted by atomic mass is 9.96. The third kappa shape index (κ3) is 4.70. The molecule has 0 aromatic heterocycles. The Balaban J connectivity index is 4.05. The molecule has 0 aromatic carbocycles. The lowest BCUT2D eigenvalue weighted by Crippen LogP contribution is -2.36. The van der Waals surface area contributed by atoms with Crippen LogP contribution in [0.25, 0.3) is 0 Å². The van der Waals surface area contributed by atoms with Gasteiger partial charge in [-0.25, -0.2) is 0 Å². The Labute approximate surface area is 85.8 Å². The Bertz CT molecular complexity index is 236. The Hall–Kier alpha value is -1.25. The predicted molar refractivity (Wildman–Crippen MR) is 57.5 cm³/mol. The van der Waals surface area contributed by atoms with Gasteiger partial charge in [0.25, 0.3) is 0 Å². The van der Waals surface area contributed by atoms with Gasteiger partial charge in [0.15, 0.2) is 0 Å². The van der Waals surface area contributed by atoms with Crippen LogP contribution in [0.1, 0.15) is 27.7 Å². The third-order valence-electron chi connectivity index (χ3n) is 1.66. The number of hydrogen-bond donors (Lipinski definition) is 1. The SMILES string of the molecule is C=CO/C(=C\C)CNC(=O)C(C)(C)C. The van der Waals surface area contributed by atoms with Crippen LogP contribution in [0.2, 0.25) is 0 Å². The van der Waals surface area contributed by atoms with Gasteiger partial charge in [-0.3, -0.25) is 4.79 Å². The molecule has 0 aromatic rings. The van der Waals surface area contributed by atoms with Crippen molar-refractivity contribution in [1.82, 2.24) is 5.32 Å². The quantitative estimate of drug-likeness (QED) is 0.702. The number of carbonyl (C=O) groups is 1. The molecular weight excluding hydrogens is 178 g/mol. The molecule has 0 unspecified atom stereocenters. The molecule has 80 valence electrons. The molecule has 3 heteroatoms. The summed E-state index contributed by atoms with van der Waals surface area (Å²) in [5, 5.41) is 2.78. The summed E-state index contributed by atoms with van der Waals surface area (Å²) in [5.41, 5.74) is -0.368. The van der Waals surface area contributed by atoms with Crippen LogP contribution in [-0.2, 0) is 9.53 Å². The van der Waals surface area contributed by atoms with Crippen molar-refractivity contribution in [3.8, 4) is 0 Å². The van der Waals surface area contributed by atoms with Crippen molar-refractivity contribution in [1.29, 1.82) is 0 Å². The maximum Gasteiger partial charge on any atom is 0.225 e. The van der Waals surface area contributed by atoms with Gasteiger partial charge in [0, 0.05) is 5.41 Å². The first kappa shape index (κ1) is 12.8. The monoisotopic (exact) mass is 197 g/mol. The van der Waals surface area contributed by atoms with E-state index in [4.69, 9.17) is 4.74 Å². The molecule has 0 aliphatic rings. The highest BCUT2D eigenvalue weighted by Crippen LogP contribution is 2.12. The summed E-state index contributed by atoms with van der Waals surface area (Å²) in [5.74, 6) is 0.696. The highest BCUT2D eigenvalue weighted by Gasteiger charge is 2.20. The maximum atomic E-state index is 11.5. The lowest BCUT2D eigenvalue weighted by Gasteiger charge is -2.18. The summed E-state index contributed by atoms with van der Waals surface area (Å²) in [6, 6.07) is 0. The van der Waals surface area contributed by atoms with E-state index < -0.39 is 0 Å². The number of amides is 1. The number of nitrogens with one attached hydrogen (secondary N) is 1. The molecular formula is C11H19NO2. The summed E-state index contributed by atoms with van der Waals surface area (Å²) in [7, 11) is 0. The van der Waals surface area contributed by atoms with E-state index in [-0.39, 0.29) is 11.3 Å². The van der Waals surface area contributed by atoms with Crippen LogP contribution < -0.4 is 5.32 Å². The van der Waals surface area contributed by atoms with Crippen molar-refractivity contribution >= 4 is 5.91 Å². The molecule has 0 saturated carbocycles. The topological polar surface area (TPSA) is 38.3 Å². The molecule has 0 atom stereocenters. The molecule has 0 bridgehead atoms. The van der Waals surface area contributed by atoms with Crippen LogP contribution in [0.3, 0.4) is 0 Å². The van der Waals surface area contributed by atoms with E-state index in [1.54, 1.807) is 6.08 Å². The third-order valence-corrected chi connectivity index (χ3v) is 1.66. The molecule has 0 radical (unpaired) electrons. The fraction of sp³-hybridized carbons (Fsp3) is 0.545. The van der Waals surface area contributed by atoms with Crippen molar-refractivity contribution in [3.63, 3.8) is 0 Å². The summed E-state index contributed by atoms with van der Waals surface area (Å²) >= 11 is 0. The molecule has 3 nitrogen and oxygen atoms in total. The molecule has 0 aliphatic carbocycles. The van der Waals surface area contributed by atoms with Crippen molar-refractivity contribution in [3.05, 3.63) is 24.7 Å². The zero-order valence-electron chi connectivity index (χ0n) is 9.39. The molecule has 0 spiro atoms. The lowest BCUT2D eigenvalue weighted by molar-refractivity contribution is -0.128. The van der Waals surface area contributed by atoms with E-state index in [1.165, 1.54) is 6.26 Å². The molecule has 0 aliphatic heterocycles. The largest absolute Gasteiger partial charge is 0.468 e. The van der Waals surface area contributed by atoms with E-state index in [0.29, 0.717) is 12.3 Å². The van der Waals surface area contributed by atoms with Gasteiger partial charge in [0.2, 0.25) is 5.91 Å². The number of carbonyl (C=O) groups excluding carboxylic acids is 1. The van der Waals surface area contributed by atoms with Gasteiger partial charge >= 0.3 is 0 Å². The summed E-state index contributed by atoms with van der Waals surface area (Å²) in [4.78, 5) is 11.5. The van der Waals surface area contributed by atoms with Gasteiger partial charge in [0.05, 0.1) is 12.8 Å². The molecule has 0 fully saturated rings. The van der Waals surface area contributed by atoms with E-state index in [0.717, 1.165) is 0 Å². The van der Waals surface area contributed by atoms with Gasteiger partial charge in [-0.2, -0.15) is 0 Å². The van der Waals surface area contributed by atoms with Gasteiger partial charge in [-0.15, -0.1) is 0 Å². The number of hydrogen-bond acceptors (Lipinski definition) is 2. The van der Waals surface area contributed by atoms with Gasteiger partial charge < -0.3 is 10.1 Å². The average Bonchev–Trinajstić information content (AvgIpc) is 2.10. The second kappa shape index (κ2) is 5.47. The van der Waals surface area contributed by atoms with Crippen molar-refractivity contribution < 1.29 is 9.53 Å². The van der Waals surface area contributed by atoms with Crippen molar-refractivity contribution in [2.75, 3.05) is 6.54 Å². The number of rotatable bonds is 4. The van der Waals surface area contributed by atoms with E-state index in [1.807, 2.05) is 27.7 Å². The van der Waals surface area contributed by atoms with E-state index in [2.05, 4.69) is 11.9 Å². The van der Waals surface area contributed by atoms with Crippen LogP contribution >= 0.6 is 0 Å². The van der Waals surface area contributed by atoms with E-state index in [9.17, 15) is 4.79 Å².